The van der Waals surface area contributed by atoms with Crippen LogP contribution in [0.15, 0.2) is 97.1 Å². The van der Waals surface area contributed by atoms with Crippen molar-refractivity contribution in [1.29, 1.82) is 0 Å². The van der Waals surface area contributed by atoms with E-state index in [1.54, 1.807) is 0 Å². The number of aliphatic carboxylic acids is 1. The van der Waals surface area contributed by atoms with Crippen molar-refractivity contribution in [2.75, 3.05) is 14.2 Å². The quantitative estimate of drug-likeness (QED) is 0.0757. The third-order valence-corrected chi connectivity index (χ3v) is 9.02. The molecule has 0 fully saturated rings. The van der Waals surface area contributed by atoms with Crippen LogP contribution < -0.4 is 11.1 Å². The van der Waals surface area contributed by atoms with Gasteiger partial charge in [0.1, 0.15) is 6.10 Å². The van der Waals surface area contributed by atoms with Crippen LogP contribution in [0.3, 0.4) is 0 Å². The lowest BCUT2D eigenvalue weighted by atomic mass is 9.95. The molecule has 0 saturated heterocycles. The highest BCUT2D eigenvalue weighted by atomic mass is 16.5. The number of hydrogen-bond donors (Lipinski definition) is 5. The number of carbonyl (C=O) groups excluding carboxylic acids is 3. The lowest BCUT2D eigenvalue weighted by Crippen LogP contribution is -2.38. The number of ether oxygens (including phenoxy) is 2. The molecule has 308 valence electrons. The highest BCUT2D eigenvalue weighted by Crippen LogP contribution is 2.28. The van der Waals surface area contributed by atoms with Crippen LogP contribution in [0.2, 0.25) is 0 Å². The van der Waals surface area contributed by atoms with E-state index < -0.39 is 36.1 Å². The van der Waals surface area contributed by atoms with E-state index in [0.717, 1.165) is 33.4 Å². The number of aryl methyl sites for hydroxylation is 2. The number of esters is 2. The average molecular weight is 785 g/mol. The van der Waals surface area contributed by atoms with Gasteiger partial charge in [-0.25, -0.2) is 4.79 Å². The molecule has 4 rings (SSSR count). The molecule has 0 aliphatic carbocycles. The van der Waals surface area contributed by atoms with Crippen LogP contribution in [-0.4, -0.2) is 65.6 Å². The fourth-order valence-electron chi connectivity index (χ4n) is 5.91. The number of hydrogen-bond acceptors (Lipinski definition) is 9. The monoisotopic (exact) mass is 784 g/mol. The topological polar surface area (TPSA) is 185 Å². The SMILES string of the molecule is CC(C)C[C@@H](O)C(=O)O.COC(=O)C[C@H](N)c1cccc(-c2ccccc2C)c1.COC(=O)C[C@H](NC(=O)[C@H](O)CC(C)C)c1cccc(-c2ccccc2C)c1. The lowest BCUT2D eigenvalue weighted by Gasteiger charge is -2.22. The number of methoxy groups -OCH3 is 2. The molecule has 6 N–H and O–H groups in total. The maximum atomic E-state index is 12.4. The second-order valence-electron chi connectivity index (χ2n) is 14.7. The number of carbonyl (C=O) groups is 4. The molecule has 0 unspecified atom stereocenters. The van der Waals surface area contributed by atoms with Crippen molar-refractivity contribution in [2.45, 2.75) is 91.5 Å². The van der Waals surface area contributed by atoms with Gasteiger partial charge in [0.25, 0.3) is 0 Å². The van der Waals surface area contributed by atoms with Crippen molar-refractivity contribution in [1.82, 2.24) is 5.32 Å². The zero-order chi connectivity index (χ0) is 42.7. The van der Waals surface area contributed by atoms with Crippen LogP contribution in [0.4, 0.5) is 0 Å². The molecule has 4 atom stereocenters. The molecule has 0 saturated carbocycles. The first kappa shape index (κ1) is 47.8. The molecule has 4 aromatic carbocycles. The highest BCUT2D eigenvalue weighted by Gasteiger charge is 2.24. The molecular formula is C46H60N2O9. The zero-order valence-electron chi connectivity index (χ0n) is 34.4. The van der Waals surface area contributed by atoms with E-state index in [4.69, 9.17) is 20.7 Å². The van der Waals surface area contributed by atoms with Crippen LogP contribution in [-0.2, 0) is 28.7 Å². The molecular weight excluding hydrogens is 725 g/mol. The molecule has 0 aromatic heterocycles. The molecule has 0 spiro atoms. The third kappa shape index (κ3) is 16.7. The average Bonchev–Trinajstić information content (AvgIpc) is 3.17. The Morgan fingerprint density at radius 3 is 1.51 bits per heavy atom. The number of amides is 1. The van der Waals surface area contributed by atoms with E-state index in [9.17, 15) is 24.3 Å². The minimum Gasteiger partial charge on any atom is -0.479 e. The summed E-state index contributed by atoms with van der Waals surface area (Å²) in [6.07, 6.45) is -1.43. The molecule has 0 bridgehead atoms. The van der Waals surface area contributed by atoms with Crippen molar-refractivity contribution < 1.29 is 44.0 Å². The zero-order valence-corrected chi connectivity index (χ0v) is 34.4. The Kier molecular flexibility index (Phi) is 20.4. The Balaban J connectivity index is 0.000000335. The Morgan fingerprint density at radius 1 is 0.632 bits per heavy atom. The number of carboxylic acid groups (broad SMARTS) is 1. The standard InChI is InChI=1S/C23H29NO4.C17H19NO2.C6H12O3/c1-15(2)12-21(25)23(27)24-20(14-22(26)28-4)18-10-7-9-17(13-18)19-11-6-5-8-16(19)3;1-12-6-3-4-9-15(12)13-7-5-8-14(10-13)16(18)11-17(19)20-2;1-4(2)3-5(7)6(8)9/h5-11,13,15,20-21,25H,12,14H2,1-4H3,(H,24,27);3-10,16H,11,18H2,1-2H3;4-5,7H,3H2,1-2H3,(H,8,9)/t20-,21+;16-;5-/m001/s1. The predicted octanol–water partition coefficient (Wildman–Crippen LogP) is 7.49. The first-order valence-electron chi connectivity index (χ1n) is 19.1. The van der Waals surface area contributed by atoms with Gasteiger partial charge in [-0.1, -0.05) is 113 Å². The van der Waals surface area contributed by atoms with Crippen molar-refractivity contribution in [3.05, 3.63) is 119 Å². The normalized spacial score (nSPS) is 12.8. The number of aliphatic hydroxyl groups excluding tert-OH is 2. The van der Waals surface area contributed by atoms with Crippen molar-refractivity contribution >= 4 is 23.8 Å². The minimum absolute atomic E-state index is 0.00609. The predicted molar refractivity (Wildman–Crippen MR) is 223 cm³/mol. The van der Waals surface area contributed by atoms with Gasteiger partial charge in [0.15, 0.2) is 6.10 Å². The van der Waals surface area contributed by atoms with E-state index in [1.807, 2.05) is 113 Å². The van der Waals surface area contributed by atoms with Crippen LogP contribution in [0, 0.1) is 25.7 Å². The Hall–Kier alpha value is -5.36. The first-order chi connectivity index (χ1) is 27.0. The summed E-state index contributed by atoms with van der Waals surface area (Å²) in [7, 11) is 2.69. The Bertz CT molecular complexity index is 1890. The molecule has 0 aliphatic rings. The highest BCUT2D eigenvalue weighted by molar-refractivity contribution is 5.82. The summed E-state index contributed by atoms with van der Waals surface area (Å²) >= 11 is 0. The van der Waals surface area contributed by atoms with Gasteiger partial charge in [-0.3, -0.25) is 14.4 Å². The number of rotatable bonds is 15. The molecule has 0 aliphatic heterocycles. The van der Waals surface area contributed by atoms with Gasteiger partial charge < -0.3 is 35.8 Å². The number of benzene rings is 4. The van der Waals surface area contributed by atoms with Gasteiger partial charge in [0.2, 0.25) is 5.91 Å². The number of carboxylic acids is 1. The maximum Gasteiger partial charge on any atom is 0.332 e. The molecule has 0 radical (unpaired) electrons. The molecule has 1 amide bonds. The third-order valence-electron chi connectivity index (χ3n) is 9.02. The van der Waals surface area contributed by atoms with Gasteiger partial charge in [0, 0.05) is 6.04 Å². The van der Waals surface area contributed by atoms with E-state index >= 15 is 0 Å². The summed E-state index contributed by atoms with van der Waals surface area (Å²) in [6, 6.07) is 31.0. The van der Waals surface area contributed by atoms with Gasteiger partial charge in [-0.2, -0.15) is 0 Å². The number of nitrogens with one attached hydrogen (secondary N) is 1. The minimum atomic E-state index is -1.19. The van der Waals surface area contributed by atoms with Crippen molar-refractivity contribution in [2.24, 2.45) is 17.6 Å². The molecule has 11 nitrogen and oxygen atoms in total. The van der Waals surface area contributed by atoms with Crippen LogP contribution in [0.1, 0.15) is 87.7 Å². The van der Waals surface area contributed by atoms with Crippen LogP contribution >= 0.6 is 0 Å². The number of aliphatic hydroxyl groups is 2. The lowest BCUT2D eigenvalue weighted by molar-refractivity contribution is -0.147. The molecule has 4 aromatic rings. The summed E-state index contributed by atoms with van der Waals surface area (Å²) < 4.78 is 9.45. The van der Waals surface area contributed by atoms with E-state index in [0.29, 0.717) is 12.8 Å². The largest absolute Gasteiger partial charge is 0.479 e. The summed E-state index contributed by atoms with van der Waals surface area (Å²) in [5.41, 5.74) is 14.5. The fraction of sp³-hybridized carbons (Fsp3) is 0.391. The summed E-state index contributed by atoms with van der Waals surface area (Å²) in [6.45, 7) is 11.7. The second-order valence-corrected chi connectivity index (χ2v) is 14.7. The van der Waals surface area contributed by atoms with E-state index in [-0.39, 0.29) is 36.7 Å². The van der Waals surface area contributed by atoms with Crippen molar-refractivity contribution in [3.63, 3.8) is 0 Å². The van der Waals surface area contributed by atoms with Gasteiger partial charge >= 0.3 is 17.9 Å². The first-order valence-corrected chi connectivity index (χ1v) is 19.1. The summed E-state index contributed by atoms with van der Waals surface area (Å²) in [4.78, 5) is 45.6. The molecule has 11 heteroatoms. The fourth-order valence-corrected chi connectivity index (χ4v) is 5.91. The maximum absolute atomic E-state index is 12.4. The second kappa shape index (κ2) is 24.3. The molecule has 0 heterocycles. The Labute approximate surface area is 337 Å². The summed E-state index contributed by atoms with van der Waals surface area (Å²) in [5.74, 6) is -1.92. The van der Waals surface area contributed by atoms with E-state index in [1.165, 1.54) is 25.3 Å². The van der Waals surface area contributed by atoms with Crippen LogP contribution in [0.25, 0.3) is 22.3 Å². The molecule has 57 heavy (non-hydrogen) atoms. The smallest absolute Gasteiger partial charge is 0.332 e. The Morgan fingerprint density at radius 2 is 1.07 bits per heavy atom. The van der Waals surface area contributed by atoms with Gasteiger partial charge in [0.05, 0.1) is 33.1 Å². The summed E-state index contributed by atoms with van der Waals surface area (Å²) in [5, 5.41) is 29.8. The van der Waals surface area contributed by atoms with Gasteiger partial charge in [-0.15, -0.1) is 0 Å². The van der Waals surface area contributed by atoms with Gasteiger partial charge in [-0.05, 0) is 95.2 Å². The van der Waals surface area contributed by atoms with Crippen molar-refractivity contribution in [3.8, 4) is 22.3 Å². The van der Waals surface area contributed by atoms with E-state index in [2.05, 4.69) is 35.2 Å². The van der Waals surface area contributed by atoms with Crippen LogP contribution in [0.5, 0.6) is 0 Å². The number of nitrogens with two attached hydrogens (primary N) is 1.